The molecule has 0 bridgehead atoms. The average molecular weight is 331 g/mol. The van der Waals surface area contributed by atoms with Gasteiger partial charge in [0.15, 0.2) is 0 Å². The van der Waals surface area contributed by atoms with Gasteiger partial charge in [0.25, 0.3) is 5.91 Å². The highest BCUT2D eigenvalue weighted by Gasteiger charge is 2.12. The number of pyridine rings is 1. The van der Waals surface area contributed by atoms with E-state index in [1.165, 1.54) is 4.68 Å². The summed E-state index contributed by atoms with van der Waals surface area (Å²) in [7, 11) is 1.73. The molecule has 0 saturated heterocycles. The number of rotatable bonds is 2. The van der Waals surface area contributed by atoms with Crippen molar-refractivity contribution in [3.63, 3.8) is 0 Å². The predicted octanol–water partition coefficient (Wildman–Crippen LogP) is 2.98. The molecule has 3 rings (SSSR count). The van der Waals surface area contributed by atoms with Crippen LogP contribution >= 0.6 is 15.9 Å². The summed E-state index contributed by atoms with van der Waals surface area (Å²) in [5.41, 5.74) is 1.94. The molecule has 6 heteroatoms. The number of carbonyl (C=O) groups is 1. The fraction of sp³-hybridized carbons (Fsp3) is 0.0714. The number of aryl methyl sites for hydroxylation is 1. The lowest BCUT2D eigenvalue weighted by Crippen LogP contribution is -2.16. The molecule has 3 aromatic rings. The first-order valence-electron chi connectivity index (χ1n) is 5.99. The molecule has 0 radical (unpaired) electrons. The zero-order valence-corrected chi connectivity index (χ0v) is 12.3. The van der Waals surface area contributed by atoms with E-state index in [0.29, 0.717) is 11.4 Å². The molecule has 0 aliphatic rings. The lowest BCUT2D eigenvalue weighted by atomic mass is 10.2. The molecule has 0 aliphatic carbocycles. The Morgan fingerprint density at radius 3 is 2.95 bits per heavy atom. The van der Waals surface area contributed by atoms with Crippen molar-refractivity contribution in [2.75, 3.05) is 5.32 Å². The smallest absolute Gasteiger partial charge is 0.273 e. The van der Waals surface area contributed by atoms with Crippen LogP contribution in [0.3, 0.4) is 0 Å². The molecule has 100 valence electrons. The first kappa shape index (κ1) is 12.8. The molecule has 0 saturated carbocycles. The van der Waals surface area contributed by atoms with Crippen molar-refractivity contribution in [2.24, 2.45) is 7.05 Å². The van der Waals surface area contributed by atoms with Crippen molar-refractivity contribution in [1.29, 1.82) is 0 Å². The summed E-state index contributed by atoms with van der Waals surface area (Å²) < 4.78 is 2.44. The van der Waals surface area contributed by atoms with Crippen LogP contribution < -0.4 is 5.32 Å². The maximum Gasteiger partial charge on any atom is 0.273 e. The summed E-state index contributed by atoms with van der Waals surface area (Å²) in [6.07, 6.45) is 3.30. The Kier molecular flexibility index (Phi) is 3.23. The molecule has 1 N–H and O–H groups in total. The van der Waals surface area contributed by atoms with Gasteiger partial charge in [0.05, 0.1) is 11.2 Å². The van der Waals surface area contributed by atoms with E-state index >= 15 is 0 Å². The molecule has 0 aliphatic heterocycles. The largest absolute Gasteiger partial charge is 0.319 e. The maximum absolute atomic E-state index is 12.2. The molecule has 0 unspecified atom stereocenters. The molecule has 2 aromatic heterocycles. The second-order valence-corrected chi connectivity index (χ2v) is 5.24. The molecule has 20 heavy (non-hydrogen) atoms. The lowest BCUT2D eigenvalue weighted by Gasteiger charge is -2.08. The van der Waals surface area contributed by atoms with Crippen LogP contribution in [-0.4, -0.2) is 20.7 Å². The second-order valence-electron chi connectivity index (χ2n) is 4.33. The van der Waals surface area contributed by atoms with Crippen LogP contribution in [0, 0.1) is 0 Å². The maximum atomic E-state index is 12.2. The quantitative estimate of drug-likeness (QED) is 0.785. The average Bonchev–Trinajstić information content (AvgIpc) is 2.85. The third-order valence-corrected chi connectivity index (χ3v) is 3.41. The van der Waals surface area contributed by atoms with Gasteiger partial charge in [0.2, 0.25) is 0 Å². The Hall–Kier alpha value is -2.21. The fourth-order valence-electron chi connectivity index (χ4n) is 2.02. The standard InChI is InChI=1S/C14H11BrN4O/c1-19-12(5-6-17-19)14(20)18-11-4-2-3-9-7-10(15)8-16-13(9)11/h2-8H,1H3,(H,18,20). The van der Waals surface area contributed by atoms with Crippen molar-refractivity contribution >= 4 is 38.4 Å². The SMILES string of the molecule is Cn1nccc1C(=O)Nc1cccc2cc(Br)cnc12. The molecule has 0 fully saturated rings. The van der Waals surface area contributed by atoms with E-state index in [1.807, 2.05) is 24.3 Å². The van der Waals surface area contributed by atoms with E-state index in [2.05, 4.69) is 31.3 Å². The fourth-order valence-corrected chi connectivity index (χ4v) is 2.37. The number of anilines is 1. The van der Waals surface area contributed by atoms with Gasteiger partial charge < -0.3 is 5.32 Å². The van der Waals surface area contributed by atoms with Gasteiger partial charge in [-0.1, -0.05) is 12.1 Å². The number of carbonyl (C=O) groups excluding carboxylic acids is 1. The number of para-hydroxylation sites is 1. The third kappa shape index (κ3) is 2.30. The molecule has 2 heterocycles. The molecular weight excluding hydrogens is 320 g/mol. The monoisotopic (exact) mass is 330 g/mol. The molecule has 0 spiro atoms. The summed E-state index contributed by atoms with van der Waals surface area (Å²) in [4.78, 5) is 16.6. The van der Waals surface area contributed by atoms with Crippen LogP contribution in [0.25, 0.3) is 10.9 Å². The molecule has 1 aromatic carbocycles. The van der Waals surface area contributed by atoms with E-state index in [1.54, 1.807) is 25.5 Å². The Morgan fingerprint density at radius 2 is 2.20 bits per heavy atom. The molecule has 0 atom stereocenters. The van der Waals surface area contributed by atoms with Crippen LogP contribution in [0.4, 0.5) is 5.69 Å². The van der Waals surface area contributed by atoms with Gasteiger partial charge in [-0.05, 0) is 34.1 Å². The van der Waals surface area contributed by atoms with Crippen LogP contribution in [0.1, 0.15) is 10.5 Å². The van der Waals surface area contributed by atoms with Crippen LogP contribution in [0.5, 0.6) is 0 Å². The highest BCUT2D eigenvalue weighted by Crippen LogP contribution is 2.24. The van der Waals surface area contributed by atoms with Gasteiger partial charge in [-0.25, -0.2) is 0 Å². The summed E-state index contributed by atoms with van der Waals surface area (Å²) in [5.74, 6) is -0.206. The molecule has 5 nitrogen and oxygen atoms in total. The first-order chi connectivity index (χ1) is 9.65. The van der Waals surface area contributed by atoms with Gasteiger partial charge in [-0.2, -0.15) is 5.10 Å². The van der Waals surface area contributed by atoms with Crippen LogP contribution in [0.2, 0.25) is 0 Å². The van der Waals surface area contributed by atoms with Crippen molar-refractivity contribution in [3.05, 3.63) is 52.9 Å². The number of benzene rings is 1. The summed E-state index contributed by atoms with van der Waals surface area (Å²) in [5, 5.41) is 7.82. The zero-order chi connectivity index (χ0) is 14.1. The van der Waals surface area contributed by atoms with Crippen molar-refractivity contribution in [2.45, 2.75) is 0 Å². The van der Waals surface area contributed by atoms with Gasteiger partial charge in [-0.3, -0.25) is 14.5 Å². The van der Waals surface area contributed by atoms with Gasteiger partial charge in [0, 0.05) is 29.3 Å². The number of aromatic nitrogens is 3. The number of nitrogens with zero attached hydrogens (tertiary/aromatic N) is 3. The van der Waals surface area contributed by atoms with E-state index in [4.69, 9.17) is 0 Å². The topological polar surface area (TPSA) is 59.8 Å². The van der Waals surface area contributed by atoms with Gasteiger partial charge >= 0.3 is 0 Å². The van der Waals surface area contributed by atoms with Crippen LogP contribution in [0.15, 0.2) is 47.2 Å². The van der Waals surface area contributed by atoms with Crippen molar-refractivity contribution in [3.8, 4) is 0 Å². The minimum atomic E-state index is -0.206. The number of amides is 1. The van der Waals surface area contributed by atoms with Crippen molar-refractivity contribution < 1.29 is 4.79 Å². The predicted molar refractivity (Wildman–Crippen MR) is 80.6 cm³/mol. The summed E-state index contributed by atoms with van der Waals surface area (Å²) >= 11 is 3.39. The number of halogens is 1. The van der Waals surface area contributed by atoms with Gasteiger partial charge in [0.1, 0.15) is 5.69 Å². The molecular formula is C14H11BrN4O. The Morgan fingerprint density at radius 1 is 1.35 bits per heavy atom. The van der Waals surface area contributed by atoms with E-state index < -0.39 is 0 Å². The Bertz CT molecular complexity index is 797. The van der Waals surface area contributed by atoms with Gasteiger partial charge in [-0.15, -0.1) is 0 Å². The van der Waals surface area contributed by atoms with E-state index in [9.17, 15) is 4.79 Å². The summed E-state index contributed by atoms with van der Waals surface area (Å²) in [6, 6.07) is 9.30. The third-order valence-electron chi connectivity index (χ3n) is 2.98. The summed E-state index contributed by atoms with van der Waals surface area (Å²) in [6.45, 7) is 0. The number of nitrogens with one attached hydrogen (secondary N) is 1. The normalized spacial score (nSPS) is 10.7. The van der Waals surface area contributed by atoms with Crippen LogP contribution in [-0.2, 0) is 7.05 Å². The second kappa shape index (κ2) is 5.05. The Balaban J connectivity index is 1.99. The highest BCUT2D eigenvalue weighted by molar-refractivity contribution is 9.10. The number of fused-ring (bicyclic) bond motifs is 1. The minimum Gasteiger partial charge on any atom is -0.319 e. The molecule has 1 amide bonds. The van der Waals surface area contributed by atoms with E-state index in [-0.39, 0.29) is 5.91 Å². The minimum absolute atomic E-state index is 0.206. The van der Waals surface area contributed by atoms with Crippen molar-refractivity contribution in [1.82, 2.24) is 14.8 Å². The zero-order valence-electron chi connectivity index (χ0n) is 10.7. The number of hydrogen-bond acceptors (Lipinski definition) is 3. The highest BCUT2D eigenvalue weighted by atomic mass is 79.9. The lowest BCUT2D eigenvalue weighted by molar-refractivity contribution is 0.101. The Labute approximate surface area is 123 Å². The van der Waals surface area contributed by atoms with E-state index in [0.717, 1.165) is 15.4 Å². The first-order valence-corrected chi connectivity index (χ1v) is 6.78. The number of hydrogen-bond donors (Lipinski definition) is 1.